The lowest BCUT2D eigenvalue weighted by molar-refractivity contribution is -0.122. The van der Waals surface area contributed by atoms with Crippen LogP contribution in [0, 0.1) is 5.82 Å². The fourth-order valence-electron chi connectivity index (χ4n) is 8.28. The standard InChI is InChI=1S/C39H35Cl2FN6O9/c1-44-28-19-31(56-3)30(55-2)18-27(28)43-26(33(44)50)13-14-45-36(53)46-15-12-25-29(48(46)37(45)54)20-38(40)34(51)47(23-8-6-22(42)7-9-23)35(52)39(38,41)32(25)21-4-10-24(11-5-21)57-17-16-49/h4-12,18-19,29,32,49H,13-17,20H2,1-3H3/t29-,32+,38-,39+/m1/s1. The predicted molar refractivity (Wildman–Crippen MR) is 206 cm³/mol. The summed E-state index contributed by atoms with van der Waals surface area (Å²) >= 11 is 14.8. The molecule has 8 rings (SSSR count). The molecular formula is C39H35Cl2FN6O9. The second kappa shape index (κ2) is 14.0. The van der Waals surface area contributed by atoms with Crippen molar-refractivity contribution in [2.75, 3.05) is 32.3 Å². The van der Waals surface area contributed by atoms with Gasteiger partial charge in [0.1, 0.15) is 23.9 Å². The molecule has 4 heterocycles. The van der Waals surface area contributed by atoms with Crippen LogP contribution < -0.4 is 36.0 Å². The lowest BCUT2D eigenvalue weighted by Crippen LogP contribution is -2.59. The molecule has 18 heteroatoms. The number of carbonyl (C=O) groups is 2. The highest BCUT2D eigenvalue weighted by molar-refractivity contribution is 6.58. The Morgan fingerprint density at radius 1 is 0.930 bits per heavy atom. The number of aromatic nitrogens is 5. The molecule has 0 radical (unpaired) electrons. The number of aliphatic hydroxyl groups is 1. The maximum atomic E-state index is 14.6. The van der Waals surface area contributed by atoms with Gasteiger partial charge in [0.05, 0.1) is 50.1 Å². The van der Waals surface area contributed by atoms with Gasteiger partial charge >= 0.3 is 11.4 Å². The van der Waals surface area contributed by atoms with Gasteiger partial charge in [-0.1, -0.05) is 18.2 Å². The van der Waals surface area contributed by atoms with Gasteiger partial charge in [-0.3, -0.25) is 14.4 Å². The first-order chi connectivity index (χ1) is 27.3. The molecule has 0 unspecified atom stereocenters. The molecule has 2 amide bonds. The Labute approximate surface area is 332 Å². The van der Waals surface area contributed by atoms with Crippen LogP contribution in [0.3, 0.4) is 0 Å². The summed E-state index contributed by atoms with van der Waals surface area (Å²) in [5, 5.41) is 9.24. The van der Waals surface area contributed by atoms with Crippen molar-refractivity contribution < 1.29 is 33.3 Å². The normalized spacial score (nSPS) is 22.6. The maximum Gasteiger partial charge on any atom is 0.347 e. The lowest BCUT2D eigenvalue weighted by atomic mass is 9.64. The fourth-order valence-corrected chi connectivity index (χ4v) is 9.20. The van der Waals surface area contributed by atoms with Crippen LogP contribution in [0.2, 0.25) is 0 Å². The molecule has 5 aromatic rings. The number of imide groups is 1. The second-order valence-electron chi connectivity index (χ2n) is 13.9. The van der Waals surface area contributed by atoms with Crippen LogP contribution in [-0.4, -0.2) is 77.6 Å². The average Bonchev–Trinajstić information content (AvgIpc) is 3.54. The Kier molecular flexibility index (Phi) is 9.40. The number of alkyl halides is 2. The Balaban J connectivity index is 1.21. The number of halogens is 3. The monoisotopic (exact) mass is 820 g/mol. The Morgan fingerprint density at radius 3 is 2.28 bits per heavy atom. The van der Waals surface area contributed by atoms with E-state index in [9.17, 15) is 33.5 Å². The van der Waals surface area contributed by atoms with E-state index in [1.807, 2.05) is 0 Å². The van der Waals surface area contributed by atoms with E-state index in [0.717, 1.165) is 21.6 Å². The summed E-state index contributed by atoms with van der Waals surface area (Å²) in [4.78, 5) is 71.9. The highest BCUT2D eigenvalue weighted by Gasteiger charge is 2.75. The highest BCUT2D eigenvalue weighted by Crippen LogP contribution is 2.63. The molecule has 0 spiro atoms. The molecule has 3 aliphatic rings. The third-order valence-electron chi connectivity index (χ3n) is 11.0. The van der Waals surface area contributed by atoms with E-state index in [1.54, 1.807) is 49.5 Å². The number of benzene rings is 3. The zero-order valence-electron chi connectivity index (χ0n) is 30.8. The van der Waals surface area contributed by atoms with Gasteiger partial charge in [0.2, 0.25) is 0 Å². The van der Waals surface area contributed by atoms with E-state index in [1.165, 1.54) is 40.3 Å². The van der Waals surface area contributed by atoms with Crippen molar-refractivity contribution in [2.24, 2.45) is 7.05 Å². The second-order valence-corrected chi connectivity index (χ2v) is 15.2. The number of allylic oxidation sites excluding steroid dienone is 2. The Morgan fingerprint density at radius 2 is 1.61 bits per heavy atom. The van der Waals surface area contributed by atoms with Gasteiger partial charge in [-0.05, 0) is 47.5 Å². The molecule has 1 saturated heterocycles. The lowest BCUT2D eigenvalue weighted by Gasteiger charge is -2.49. The molecule has 1 N–H and O–H groups in total. The van der Waals surface area contributed by atoms with E-state index >= 15 is 0 Å². The van der Waals surface area contributed by atoms with Crippen molar-refractivity contribution in [3.8, 4) is 17.2 Å². The number of rotatable bonds is 10. The zero-order chi connectivity index (χ0) is 40.6. The minimum absolute atomic E-state index is 0.0345. The van der Waals surface area contributed by atoms with Crippen LogP contribution >= 0.6 is 23.2 Å². The summed E-state index contributed by atoms with van der Waals surface area (Å²) < 4.78 is 35.1. The number of aliphatic hydroxyl groups excluding tert-OH is 1. The van der Waals surface area contributed by atoms with Crippen LogP contribution in [0.5, 0.6) is 17.2 Å². The highest BCUT2D eigenvalue weighted by atomic mass is 35.5. The van der Waals surface area contributed by atoms with Crippen molar-refractivity contribution >= 4 is 51.7 Å². The molecular weight excluding hydrogens is 786 g/mol. The van der Waals surface area contributed by atoms with Gasteiger partial charge in [0, 0.05) is 44.5 Å². The molecule has 2 fully saturated rings. The summed E-state index contributed by atoms with van der Waals surface area (Å²) in [6.07, 6.45) is 1.26. The first-order valence-corrected chi connectivity index (χ1v) is 18.6. The summed E-state index contributed by atoms with van der Waals surface area (Å²) in [7, 11) is 4.53. The van der Waals surface area contributed by atoms with Crippen molar-refractivity contribution in [1.29, 1.82) is 0 Å². The van der Waals surface area contributed by atoms with Gasteiger partial charge in [0.25, 0.3) is 17.4 Å². The Hall–Kier alpha value is -5.71. The third-order valence-corrected chi connectivity index (χ3v) is 12.5. The molecule has 0 bridgehead atoms. The quantitative estimate of drug-likeness (QED) is 0.126. The molecule has 15 nitrogen and oxygen atoms in total. The first-order valence-electron chi connectivity index (χ1n) is 17.9. The van der Waals surface area contributed by atoms with Gasteiger partial charge in [-0.2, -0.15) is 0 Å². The molecule has 2 aliphatic heterocycles. The van der Waals surface area contributed by atoms with Crippen LogP contribution in [-0.2, 0) is 36.1 Å². The average molecular weight is 822 g/mol. The fraction of sp³-hybridized carbons (Fsp3) is 0.333. The van der Waals surface area contributed by atoms with E-state index in [-0.39, 0.29) is 50.5 Å². The van der Waals surface area contributed by atoms with Gasteiger partial charge in [-0.15, -0.1) is 23.2 Å². The number of fused-ring (bicyclic) bond motifs is 5. The largest absolute Gasteiger partial charge is 0.493 e. The third kappa shape index (κ3) is 5.63. The summed E-state index contributed by atoms with van der Waals surface area (Å²) in [5.74, 6) is -2.18. The first kappa shape index (κ1) is 38.2. The number of hydrogen-bond acceptors (Lipinski definition) is 10. The molecule has 1 saturated carbocycles. The minimum atomic E-state index is -2.16. The summed E-state index contributed by atoms with van der Waals surface area (Å²) in [6.45, 7) is -0.490. The topological polar surface area (TPSA) is 169 Å². The molecule has 2 aromatic heterocycles. The molecule has 296 valence electrons. The van der Waals surface area contributed by atoms with E-state index < -0.39 is 56.3 Å². The molecule has 57 heavy (non-hydrogen) atoms. The van der Waals surface area contributed by atoms with Gasteiger partial charge < -0.3 is 23.9 Å². The number of nitrogens with zero attached hydrogens (tertiary/aromatic N) is 6. The van der Waals surface area contributed by atoms with Crippen LogP contribution in [0.1, 0.15) is 29.6 Å². The van der Waals surface area contributed by atoms with Crippen molar-refractivity contribution in [3.05, 3.63) is 121 Å². The van der Waals surface area contributed by atoms with E-state index in [0.29, 0.717) is 39.4 Å². The molecule has 4 atom stereocenters. The predicted octanol–water partition coefficient (Wildman–Crippen LogP) is 3.03. The molecule has 3 aromatic carbocycles. The maximum absolute atomic E-state index is 14.6. The number of aryl methyl sites for hydroxylation is 2. The van der Waals surface area contributed by atoms with Crippen molar-refractivity contribution in [1.82, 2.24) is 23.5 Å². The summed E-state index contributed by atoms with van der Waals surface area (Å²) in [5.41, 5.74) is 0.160. The minimum Gasteiger partial charge on any atom is -0.493 e. The number of ether oxygens (including phenoxy) is 3. The van der Waals surface area contributed by atoms with Gasteiger partial charge in [0.15, 0.2) is 21.2 Å². The number of carbonyl (C=O) groups excluding carboxylic acids is 2. The number of methoxy groups -OCH3 is 2. The zero-order valence-corrected chi connectivity index (χ0v) is 32.3. The van der Waals surface area contributed by atoms with Crippen molar-refractivity contribution in [2.45, 2.75) is 47.6 Å². The smallest absolute Gasteiger partial charge is 0.347 e. The number of amides is 2. The van der Waals surface area contributed by atoms with Crippen LogP contribution in [0.15, 0.2) is 86.7 Å². The Bertz CT molecular complexity index is 2690. The number of hydrogen-bond donors (Lipinski definition) is 1. The number of anilines is 1. The van der Waals surface area contributed by atoms with Gasteiger partial charge in [-0.25, -0.2) is 37.8 Å². The van der Waals surface area contributed by atoms with E-state index in [4.69, 9.17) is 37.4 Å². The van der Waals surface area contributed by atoms with E-state index in [2.05, 4.69) is 4.98 Å². The van der Waals surface area contributed by atoms with Crippen LogP contribution in [0.4, 0.5) is 10.1 Å². The SMILES string of the molecule is COc1cc2nc(CCn3c(=O)n4n(c3=O)[C@@H]3C[C@@]5(Cl)C(=O)N(c6ccc(F)cc6)C(=O)[C@@]5(Cl)[C@@H](c5ccc(OCCO)cc5)C3=CC4)c(=O)n(C)c2cc1OC. The summed E-state index contributed by atoms with van der Waals surface area (Å²) in [6, 6.07) is 13.5. The molecule has 1 aliphatic carbocycles. The van der Waals surface area contributed by atoms with Crippen molar-refractivity contribution in [3.63, 3.8) is 0 Å². The van der Waals surface area contributed by atoms with Crippen LogP contribution in [0.25, 0.3) is 11.0 Å².